The van der Waals surface area contributed by atoms with Gasteiger partial charge in [-0.15, -0.1) is 0 Å². The number of rotatable bonds is 5. The van der Waals surface area contributed by atoms with Gasteiger partial charge in [0.05, 0.1) is 0 Å². The molecule has 0 rings (SSSR count). The van der Waals surface area contributed by atoms with E-state index in [0.29, 0.717) is 11.8 Å². The Morgan fingerprint density at radius 3 is 2.25 bits per heavy atom. The molecular formula is C10H21NO. The molecule has 2 nitrogen and oxygen atoms in total. The molecule has 0 aliphatic heterocycles. The molecule has 0 radical (unpaired) electrons. The minimum Gasteiger partial charge on any atom is -0.316 e. The molecule has 0 aromatic rings. The summed E-state index contributed by atoms with van der Waals surface area (Å²) in [5.41, 5.74) is 0.392. The van der Waals surface area contributed by atoms with Gasteiger partial charge in [0.25, 0.3) is 0 Å². The lowest BCUT2D eigenvalue weighted by molar-refractivity contribution is -0.116. The normalized spacial score (nSPS) is 11.7. The molecule has 0 spiro atoms. The zero-order valence-electron chi connectivity index (χ0n) is 8.74. The van der Waals surface area contributed by atoms with Gasteiger partial charge < -0.3 is 5.32 Å². The van der Waals surface area contributed by atoms with Crippen molar-refractivity contribution in [2.45, 2.75) is 40.5 Å². The third-order valence-corrected chi connectivity index (χ3v) is 1.71. The van der Waals surface area contributed by atoms with Crippen LogP contribution >= 0.6 is 0 Å². The maximum absolute atomic E-state index is 10.6. The maximum Gasteiger partial charge on any atom is 0.131 e. The van der Waals surface area contributed by atoms with Gasteiger partial charge in [0.2, 0.25) is 0 Å². The lowest BCUT2D eigenvalue weighted by atomic mass is 9.92. The first-order valence-corrected chi connectivity index (χ1v) is 4.62. The van der Waals surface area contributed by atoms with E-state index >= 15 is 0 Å². The highest BCUT2D eigenvalue weighted by Crippen LogP contribution is 2.16. The zero-order valence-corrected chi connectivity index (χ0v) is 8.74. The van der Waals surface area contributed by atoms with Gasteiger partial charge in [-0.3, -0.25) is 4.79 Å². The highest BCUT2D eigenvalue weighted by Gasteiger charge is 2.08. The maximum atomic E-state index is 10.6. The molecular weight excluding hydrogens is 150 g/mol. The zero-order chi connectivity index (χ0) is 9.61. The second-order valence-corrected chi connectivity index (χ2v) is 4.51. The summed E-state index contributed by atoms with van der Waals surface area (Å²) in [6.45, 7) is 10.1. The molecule has 0 saturated heterocycles. The van der Waals surface area contributed by atoms with Crippen molar-refractivity contribution in [3.05, 3.63) is 0 Å². The van der Waals surface area contributed by atoms with Crippen molar-refractivity contribution in [1.29, 1.82) is 0 Å². The molecule has 1 N–H and O–H groups in total. The van der Waals surface area contributed by atoms with Crippen LogP contribution in [0.3, 0.4) is 0 Å². The van der Waals surface area contributed by atoms with Crippen molar-refractivity contribution in [2.75, 3.05) is 13.1 Å². The van der Waals surface area contributed by atoms with Crippen LogP contribution in [-0.2, 0) is 4.79 Å². The fraction of sp³-hybridized carbons (Fsp3) is 0.900. The summed E-state index contributed by atoms with van der Waals surface area (Å²) in [6, 6.07) is 0. The van der Waals surface area contributed by atoms with Gasteiger partial charge in [0.15, 0.2) is 0 Å². The molecule has 0 aliphatic rings. The highest BCUT2D eigenvalue weighted by molar-refractivity contribution is 5.75. The molecule has 0 atom stereocenters. The fourth-order valence-corrected chi connectivity index (χ4v) is 0.853. The topological polar surface area (TPSA) is 29.1 Å². The van der Waals surface area contributed by atoms with Gasteiger partial charge in [-0.05, 0) is 25.3 Å². The van der Waals surface area contributed by atoms with Crippen molar-refractivity contribution >= 4 is 5.78 Å². The van der Waals surface area contributed by atoms with Gasteiger partial charge in [-0.1, -0.05) is 20.8 Å². The fourth-order valence-electron chi connectivity index (χ4n) is 0.853. The molecule has 0 bridgehead atoms. The number of carbonyl (C=O) groups is 1. The summed E-state index contributed by atoms with van der Waals surface area (Å²) in [5.74, 6) is 0.262. The van der Waals surface area contributed by atoms with E-state index in [2.05, 4.69) is 26.1 Å². The van der Waals surface area contributed by atoms with Crippen molar-refractivity contribution in [3.63, 3.8) is 0 Å². The first-order valence-electron chi connectivity index (χ1n) is 4.62. The molecule has 0 heterocycles. The first-order chi connectivity index (χ1) is 5.42. The smallest absolute Gasteiger partial charge is 0.131 e. The molecule has 12 heavy (non-hydrogen) atoms. The lowest BCUT2D eigenvalue weighted by Crippen LogP contribution is -2.22. The molecule has 0 saturated carbocycles. The third-order valence-electron chi connectivity index (χ3n) is 1.71. The van der Waals surface area contributed by atoms with Crippen LogP contribution in [-0.4, -0.2) is 18.9 Å². The van der Waals surface area contributed by atoms with Crippen LogP contribution in [0.15, 0.2) is 0 Å². The van der Waals surface area contributed by atoms with Crippen molar-refractivity contribution in [2.24, 2.45) is 5.41 Å². The van der Waals surface area contributed by atoms with Gasteiger partial charge >= 0.3 is 0 Å². The molecule has 0 fully saturated rings. The average Bonchev–Trinajstić information content (AvgIpc) is 1.83. The Hall–Kier alpha value is -0.370. The first kappa shape index (κ1) is 11.6. The van der Waals surface area contributed by atoms with E-state index < -0.39 is 0 Å². The Balaban J connectivity index is 3.17. The minimum absolute atomic E-state index is 0.262. The summed E-state index contributed by atoms with van der Waals surface area (Å²) >= 11 is 0. The number of Topliss-reactive ketones (excluding diaryl/α,β-unsaturated/α-hetero) is 1. The van der Waals surface area contributed by atoms with E-state index in [1.165, 1.54) is 0 Å². The summed E-state index contributed by atoms with van der Waals surface area (Å²) in [4.78, 5) is 10.6. The quantitative estimate of drug-likeness (QED) is 0.641. The second kappa shape index (κ2) is 5.31. The predicted octanol–water partition coefficient (Wildman–Crippen LogP) is 1.99. The minimum atomic E-state index is 0.262. The Bertz CT molecular complexity index is 135. The number of ketones is 1. The van der Waals surface area contributed by atoms with Crippen LogP contribution in [0.25, 0.3) is 0 Å². The van der Waals surface area contributed by atoms with Gasteiger partial charge in [0, 0.05) is 13.0 Å². The molecule has 72 valence electrons. The van der Waals surface area contributed by atoms with Crippen LogP contribution in [0.1, 0.15) is 40.5 Å². The second-order valence-electron chi connectivity index (χ2n) is 4.51. The van der Waals surface area contributed by atoms with Crippen molar-refractivity contribution < 1.29 is 4.79 Å². The molecule has 0 aliphatic carbocycles. The number of nitrogens with one attached hydrogen (secondary N) is 1. The van der Waals surface area contributed by atoms with Crippen LogP contribution < -0.4 is 5.32 Å². The van der Waals surface area contributed by atoms with E-state index in [0.717, 1.165) is 19.5 Å². The molecule has 0 aromatic carbocycles. The van der Waals surface area contributed by atoms with Crippen LogP contribution in [0.4, 0.5) is 0 Å². The number of carbonyl (C=O) groups excluding carboxylic acids is 1. The lowest BCUT2D eigenvalue weighted by Gasteiger charge is -2.17. The Morgan fingerprint density at radius 1 is 1.25 bits per heavy atom. The van der Waals surface area contributed by atoms with E-state index in [-0.39, 0.29) is 5.78 Å². The van der Waals surface area contributed by atoms with E-state index in [4.69, 9.17) is 0 Å². The largest absolute Gasteiger partial charge is 0.316 e. The molecule has 0 aromatic heterocycles. The van der Waals surface area contributed by atoms with E-state index in [1.807, 2.05) is 0 Å². The highest BCUT2D eigenvalue weighted by atomic mass is 16.1. The predicted molar refractivity (Wildman–Crippen MR) is 52.2 cm³/mol. The Labute approximate surface area is 75.7 Å². The third kappa shape index (κ3) is 9.63. The summed E-state index contributed by atoms with van der Waals surface area (Å²) < 4.78 is 0. The van der Waals surface area contributed by atoms with Gasteiger partial charge in [0.1, 0.15) is 5.78 Å². The standard InChI is InChI=1S/C10H21NO/c1-9(12)5-7-11-8-6-10(2,3)4/h11H,5-8H2,1-4H3. The summed E-state index contributed by atoms with van der Waals surface area (Å²) in [5, 5.41) is 3.25. The van der Waals surface area contributed by atoms with Crippen molar-refractivity contribution in [1.82, 2.24) is 5.32 Å². The van der Waals surface area contributed by atoms with Gasteiger partial charge in [-0.25, -0.2) is 0 Å². The molecule has 0 unspecified atom stereocenters. The summed E-state index contributed by atoms with van der Waals surface area (Å²) in [6.07, 6.45) is 1.81. The average molecular weight is 171 g/mol. The van der Waals surface area contributed by atoms with Crippen LogP contribution in [0, 0.1) is 5.41 Å². The summed E-state index contributed by atoms with van der Waals surface area (Å²) in [7, 11) is 0. The van der Waals surface area contributed by atoms with E-state index in [1.54, 1.807) is 6.92 Å². The van der Waals surface area contributed by atoms with Crippen LogP contribution in [0.2, 0.25) is 0 Å². The van der Waals surface area contributed by atoms with Crippen molar-refractivity contribution in [3.8, 4) is 0 Å². The Kier molecular flexibility index (Phi) is 5.14. The number of hydrogen-bond acceptors (Lipinski definition) is 2. The number of hydrogen-bond donors (Lipinski definition) is 1. The Morgan fingerprint density at radius 2 is 1.83 bits per heavy atom. The molecule has 0 amide bonds. The monoisotopic (exact) mass is 171 g/mol. The van der Waals surface area contributed by atoms with E-state index in [9.17, 15) is 4.79 Å². The molecule has 2 heteroatoms. The SMILES string of the molecule is CC(=O)CCNCCC(C)(C)C. The van der Waals surface area contributed by atoms with Crippen LogP contribution in [0.5, 0.6) is 0 Å². The van der Waals surface area contributed by atoms with Gasteiger partial charge in [-0.2, -0.15) is 0 Å².